The van der Waals surface area contributed by atoms with Crippen molar-refractivity contribution in [1.82, 2.24) is 0 Å². The second kappa shape index (κ2) is 5.41. The first-order valence-electron chi connectivity index (χ1n) is 4.31. The molecule has 0 atom stereocenters. The van der Waals surface area contributed by atoms with E-state index in [0.717, 1.165) is 0 Å². The molecule has 0 aliphatic heterocycles. The fraction of sp³-hybridized carbons (Fsp3) is 0.300. The van der Waals surface area contributed by atoms with Gasteiger partial charge in [0.2, 0.25) is 5.75 Å². The van der Waals surface area contributed by atoms with Crippen LogP contribution in [0.5, 0.6) is 17.2 Å². The summed E-state index contributed by atoms with van der Waals surface area (Å²) in [7, 11) is 3.12. The molecule has 0 saturated carbocycles. The van der Waals surface area contributed by atoms with Gasteiger partial charge in [-0.15, -0.1) is 0 Å². The van der Waals surface area contributed by atoms with Gasteiger partial charge in [0.1, 0.15) is 11.6 Å². The monoisotopic (exact) mass is 227 g/mol. The van der Waals surface area contributed by atoms with Crippen LogP contribution in [0.1, 0.15) is 0 Å². The molecule has 2 N–H and O–H groups in total. The Morgan fingerprint density at radius 2 is 1.80 bits per heavy atom. The molecule has 0 radical (unpaired) electrons. The quantitative estimate of drug-likeness (QED) is 0.770. The summed E-state index contributed by atoms with van der Waals surface area (Å²) in [5.74, 6) is 1.69. The standard InChI is InChI=1S/C10H13NO3S/c1-12-7-4-3-5-8(13-2)10(7)14-6-9(11)15/h3-5H,6H2,1-2H3,(H2,11,15). The maximum Gasteiger partial charge on any atom is 0.203 e. The van der Waals surface area contributed by atoms with Crippen molar-refractivity contribution in [1.29, 1.82) is 0 Å². The summed E-state index contributed by atoms with van der Waals surface area (Å²) in [5, 5.41) is 0. The lowest BCUT2D eigenvalue weighted by molar-refractivity contribution is 0.308. The Hall–Kier alpha value is -1.49. The molecule has 1 aromatic rings. The summed E-state index contributed by atoms with van der Waals surface area (Å²) >= 11 is 4.72. The van der Waals surface area contributed by atoms with Crippen LogP contribution in [0.25, 0.3) is 0 Å². The highest BCUT2D eigenvalue weighted by molar-refractivity contribution is 7.80. The summed E-state index contributed by atoms with van der Waals surface area (Å²) in [6, 6.07) is 5.36. The molecule has 0 heterocycles. The van der Waals surface area contributed by atoms with Gasteiger partial charge in [-0.25, -0.2) is 0 Å². The van der Waals surface area contributed by atoms with Crippen LogP contribution in [-0.2, 0) is 0 Å². The van der Waals surface area contributed by atoms with Gasteiger partial charge in [0, 0.05) is 0 Å². The lowest BCUT2D eigenvalue weighted by Gasteiger charge is -2.13. The van der Waals surface area contributed by atoms with E-state index in [1.807, 2.05) is 6.07 Å². The number of ether oxygens (including phenoxy) is 3. The minimum atomic E-state index is 0.159. The van der Waals surface area contributed by atoms with Gasteiger partial charge in [-0.2, -0.15) is 0 Å². The smallest absolute Gasteiger partial charge is 0.203 e. The second-order valence-electron chi connectivity index (χ2n) is 2.75. The number of thiocarbonyl (C=S) groups is 1. The van der Waals surface area contributed by atoms with E-state index in [1.54, 1.807) is 26.4 Å². The number of rotatable bonds is 5. The predicted molar refractivity (Wildman–Crippen MR) is 61.8 cm³/mol. The Labute approximate surface area is 93.9 Å². The Bertz CT molecular complexity index is 332. The fourth-order valence-electron chi connectivity index (χ4n) is 1.10. The molecule has 82 valence electrons. The van der Waals surface area contributed by atoms with E-state index in [9.17, 15) is 0 Å². The Morgan fingerprint density at radius 1 is 1.27 bits per heavy atom. The highest BCUT2D eigenvalue weighted by Crippen LogP contribution is 2.36. The molecule has 0 aliphatic rings. The normalized spacial score (nSPS) is 9.47. The van der Waals surface area contributed by atoms with Gasteiger partial charge in [0.05, 0.1) is 14.2 Å². The van der Waals surface area contributed by atoms with Gasteiger partial charge in [-0.05, 0) is 12.1 Å². The average molecular weight is 227 g/mol. The molecular formula is C10H13NO3S. The molecule has 0 saturated heterocycles. The molecule has 1 rings (SSSR count). The molecule has 0 amide bonds. The zero-order valence-corrected chi connectivity index (χ0v) is 9.47. The van der Waals surface area contributed by atoms with E-state index in [0.29, 0.717) is 17.2 Å². The Morgan fingerprint density at radius 3 is 2.20 bits per heavy atom. The Balaban J connectivity index is 2.94. The zero-order chi connectivity index (χ0) is 11.3. The lowest BCUT2D eigenvalue weighted by Crippen LogP contribution is -2.18. The van der Waals surface area contributed by atoms with Crippen LogP contribution < -0.4 is 19.9 Å². The average Bonchev–Trinajstić information content (AvgIpc) is 2.25. The van der Waals surface area contributed by atoms with Crippen LogP contribution >= 0.6 is 12.2 Å². The molecule has 1 aromatic carbocycles. The van der Waals surface area contributed by atoms with Crippen molar-refractivity contribution in [3.63, 3.8) is 0 Å². The van der Waals surface area contributed by atoms with Gasteiger partial charge in [-0.1, -0.05) is 18.3 Å². The van der Waals surface area contributed by atoms with E-state index >= 15 is 0 Å². The van der Waals surface area contributed by atoms with E-state index in [2.05, 4.69) is 0 Å². The molecule has 0 spiro atoms. The van der Waals surface area contributed by atoms with Crippen molar-refractivity contribution in [2.45, 2.75) is 0 Å². The number of methoxy groups -OCH3 is 2. The van der Waals surface area contributed by atoms with Crippen LogP contribution in [0.4, 0.5) is 0 Å². The molecule has 0 aliphatic carbocycles. The molecule has 5 heteroatoms. The van der Waals surface area contributed by atoms with Gasteiger partial charge in [0.25, 0.3) is 0 Å². The van der Waals surface area contributed by atoms with E-state index < -0.39 is 0 Å². The summed E-state index contributed by atoms with van der Waals surface area (Å²) in [5.41, 5.74) is 5.35. The SMILES string of the molecule is COc1cccc(OC)c1OCC(N)=S. The van der Waals surface area contributed by atoms with Crippen molar-refractivity contribution in [2.24, 2.45) is 5.73 Å². The number of benzene rings is 1. The van der Waals surface area contributed by atoms with Crippen LogP contribution in [0, 0.1) is 0 Å². The van der Waals surface area contributed by atoms with Crippen molar-refractivity contribution in [2.75, 3.05) is 20.8 Å². The predicted octanol–water partition coefficient (Wildman–Crippen LogP) is 1.37. The van der Waals surface area contributed by atoms with Crippen LogP contribution in [0.2, 0.25) is 0 Å². The molecule has 0 aromatic heterocycles. The van der Waals surface area contributed by atoms with Gasteiger partial charge in [0.15, 0.2) is 11.5 Å². The maximum absolute atomic E-state index is 5.40. The highest BCUT2D eigenvalue weighted by atomic mass is 32.1. The van der Waals surface area contributed by atoms with E-state index in [4.69, 9.17) is 32.2 Å². The van der Waals surface area contributed by atoms with Crippen LogP contribution in [-0.4, -0.2) is 25.8 Å². The van der Waals surface area contributed by atoms with Crippen molar-refractivity contribution < 1.29 is 14.2 Å². The van der Waals surface area contributed by atoms with E-state index in [1.165, 1.54) is 0 Å². The van der Waals surface area contributed by atoms with Crippen LogP contribution in [0.3, 0.4) is 0 Å². The van der Waals surface area contributed by atoms with Crippen LogP contribution in [0.15, 0.2) is 18.2 Å². The highest BCUT2D eigenvalue weighted by Gasteiger charge is 2.10. The first-order chi connectivity index (χ1) is 7.19. The first kappa shape index (κ1) is 11.6. The molecular weight excluding hydrogens is 214 g/mol. The van der Waals surface area contributed by atoms with E-state index in [-0.39, 0.29) is 11.6 Å². The third-order valence-corrected chi connectivity index (χ3v) is 1.86. The molecule has 4 nitrogen and oxygen atoms in total. The summed E-state index contributed by atoms with van der Waals surface area (Å²) in [4.78, 5) is 0.281. The lowest BCUT2D eigenvalue weighted by atomic mass is 10.3. The topological polar surface area (TPSA) is 53.7 Å². The Kier molecular flexibility index (Phi) is 4.17. The van der Waals surface area contributed by atoms with Gasteiger partial charge in [-0.3, -0.25) is 0 Å². The number of hydrogen-bond donors (Lipinski definition) is 1. The maximum atomic E-state index is 5.40. The van der Waals surface area contributed by atoms with Crippen molar-refractivity contribution >= 4 is 17.2 Å². The molecule has 0 bridgehead atoms. The molecule has 15 heavy (non-hydrogen) atoms. The summed E-state index contributed by atoms with van der Waals surface area (Å²) in [6.45, 7) is 0.159. The molecule has 0 fully saturated rings. The first-order valence-corrected chi connectivity index (χ1v) is 4.72. The third kappa shape index (κ3) is 2.99. The molecule has 0 unspecified atom stereocenters. The minimum Gasteiger partial charge on any atom is -0.493 e. The second-order valence-corrected chi connectivity index (χ2v) is 3.27. The van der Waals surface area contributed by atoms with Crippen molar-refractivity contribution in [3.05, 3.63) is 18.2 Å². The third-order valence-electron chi connectivity index (χ3n) is 1.74. The number of para-hydroxylation sites is 1. The van der Waals surface area contributed by atoms with Gasteiger partial charge >= 0.3 is 0 Å². The number of hydrogen-bond acceptors (Lipinski definition) is 4. The van der Waals surface area contributed by atoms with Gasteiger partial charge < -0.3 is 19.9 Å². The largest absolute Gasteiger partial charge is 0.493 e. The summed E-state index contributed by atoms with van der Waals surface area (Å²) < 4.78 is 15.7. The minimum absolute atomic E-state index is 0.159. The fourth-order valence-corrected chi connectivity index (χ4v) is 1.16. The summed E-state index contributed by atoms with van der Waals surface area (Å²) in [6.07, 6.45) is 0. The zero-order valence-electron chi connectivity index (χ0n) is 8.65. The van der Waals surface area contributed by atoms with Crippen molar-refractivity contribution in [3.8, 4) is 17.2 Å². The number of nitrogens with two attached hydrogens (primary N) is 1.